The summed E-state index contributed by atoms with van der Waals surface area (Å²) in [5, 5.41) is 2.96. The quantitative estimate of drug-likeness (QED) is 0.880. The molecule has 1 saturated heterocycles. The van der Waals surface area contributed by atoms with E-state index in [1.54, 1.807) is 29.4 Å². The minimum atomic E-state index is -0.0884. The number of likely N-dealkylation sites (tertiary alicyclic amines) is 1. The lowest BCUT2D eigenvalue weighted by molar-refractivity contribution is -0.121. The fourth-order valence-corrected chi connectivity index (χ4v) is 3.15. The van der Waals surface area contributed by atoms with E-state index in [0.717, 1.165) is 11.4 Å². The molecule has 0 saturated carbocycles. The summed E-state index contributed by atoms with van der Waals surface area (Å²) >= 11 is 0. The number of hydrogen-bond acceptors (Lipinski definition) is 4. The molecule has 2 heterocycles. The molecule has 3 rings (SSSR count). The van der Waals surface area contributed by atoms with Crippen molar-refractivity contribution in [2.75, 3.05) is 18.4 Å². The van der Waals surface area contributed by atoms with E-state index in [0.29, 0.717) is 31.5 Å². The standard InChI is InChI=1S/C21H25N3O3/c1-15(2)27-19-7-5-18(6-8-19)23-20(25)16-9-12-24(13-10-16)21(26)17-4-3-11-22-14-17/h3-8,11,14-16H,9-10,12-13H2,1-2H3,(H,23,25). The van der Waals surface area contributed by atoms with E-state index in [-0.39, 0.29) is 23.8 Å². The summed E-state index contributed by atoms with van der Waals surface area (Å²) in [4.78, 5) is 30.8. The molecule has 1 fully saturated rings. The first-order valence-electron chi connectivity index (χ1n) is 9.30. The van der Waals surface area contributed by atoms with E-state index in [1.807, 2.05) is 38.1 Å². The lowest BCUT2D eigenvalue weighted by Crippen LogP contribution is -2.41. The molecule has 6 heteroatoms. The third kappa shape index (κ3) is 5.06. The van der Waals surface area contributed by atoms with Crippen LogP contribution in [0.4, 0.5) is 5.69 Å². The highest BCUT2D eigenvalue weighted by molar-refractivity contribution is 5.95. The smallest absolute Gasteiger partial charge is 0.255 e. The van der Waals surface area contributed by atoms with Crippen LogP contribution in [0.25, 0.3) is 0 Å². The fourth-order valence-electron chi connectivity index (χ4n) is 3.15. The van der Waals surface area contributed by atoms with Crippen molar-refractivity contribution < 1.29 is 14.3 Å². The van der Waals surface area contributed by atoms with Crippen LogP contribution in [-0.4, -0.2) is 40.9 Å². The van der Waals surface area contributed by atoms with E-state index in [4.69, 9.17) is 4.74 Å². The third-order valence-electron chi connectivity index (χ3n) is 4.56. The van der Waals surface area contributed by atoms with E-state index >= 15 is 0 Å². The average molecular weight is 367 g/mol. The molecule has 0 atom stereocenters. The summed E-state index contributed by atoms with van der Waals surface area (Å²) in [5.74, 6) is 0.670. The van der Waals surface area contributed by atoms with Gasteiger partial charge in [-0.25, -0.2) is 0 Å². The zero-order chi connectivity index (χ0) is 19.2. The Morgan fingerprint density at radius 3 is 2.44 bits per heavy atom. The maximum Gasteiger partial charge on any atom is 0.255 e. The number of nitrogens with one attached hydrogen (secondary N) is 1. The summed E-state index contributed by atoms with van der Waals surface area (Å²) in [6, 6.07) is 10.9. The first kappa shape index (κ1) is 18.9. The SMILES string of the molecule is CC(C)Oc1ccc(NC(=O)C2CCN(C(=O)c3cccnc3)CC2)cc1. The molecule has 1 N–H and O–H groups in total. The number of ether oxygens (including phenoxy) is 1. The fraction of sp³-hybridized carbons (Fsp3) is 0.381. The van der Waals surface area contributed by atoms with Gasteiger partial charge in [0.2, 0.25) is 5.91 Å². The number of benzene rings is 1. The number of rotatable bonds is 5. The minimum Gasteiger partial charge on any atom is -0.491 e. The van der Waals surface area contributed by atoms with Crippen molar-refractivity contribution in [2.24, 2.45) is 5.92 Å². The maximum atomic E-state index is 12.5. The molecular weight excluding hydrogens is 342 g/mol. The maximum absolute atomic E-state index is 12.5. The number of hydrogen-bond donors (Lipinski definition) is 1. The number of carbonyl (C=O) groups is 2. The number of aromatic nitrogens is 1. The predicted molar refractivity (Wildman–Crippen MR) is 104 cm³/mol. The molecule has 6 nitrogen and oxygen atoms in total. The number of anilines is 1. The van der Waals surface area contributed by atoms with E-state index in [1.165, 1.54) is 0 Å². The topological polar surface area (TPSA) is 71.5 Å². The Balaban J connectivity index is 1.50. The van der Waals surface area contributed by atoms with Crippen LogP contribution in [0.5, 0.6) is 5.75 Å². The van der Waals surface area contributed by atoms with Gasteiger partial charge in [-0.2, -0.15) is 0 Å². The second kappa shape index (κ2) is 8.66. The van der Waals surface area contributed by atoms with Crippen molar-refractivity contribution >= 4 is 17.5 Å². The van der Waals surface area contributed by atoms with Crippen LogP contribution in [-0.2, 0) is 4.79 Å². The van der Waals surface area contributed by atoms with Crippen LogP contribution in [0.1, 0.15) is 37.0 Å². The van der Waals surface area contributed by atoms with Crippen molar-refractivity contribution in [3.8, 4) is 5.75 Å². The molecule has 1 aliphatic heterocycles. The third-order valence-corrected chi connectivity index (χ3v) is 4.56. The highest BCUT2D eigenvalue weighted by Gasteiger charge is 2.27. The lowest BCUT2D eigenvalue weighted by Gasteiger charge is -2.31. The molecule has 27 heavy (non-hydrogen) atoms. The Labute approximate surface area is 159 Å². The number of carbonyl (C=O) groups excluding carboxylic acids is 2. The van der Waals surface area contributed by atoms with Gasteiger partial charge in [0.1, 0.15) is 5.75 Å². The minimum absolute atomic E-state index is 0.000930. The second-order valence-corrected chi connectivity index (χ2v) is 6.99. The Hall–Kier alpha value is -2.89. The zero-order valence-corrected chi connectivity index (χ0v) is 15.7. The molecule has 1 aromatic carbocycles. The highest BCUT2D eigenvalue weighted by Crippen LogP contribution is 2.22. The summed E-state index contributed by atoms with van der Waals surface area (Å²) in [6.45, 7) is 5.10. The first-order valence-corrected chi connectivity index (χ1v) is 9.30. The molecule has 0 radical (unpaired) electrons. The highest BCUT2D eigenvalue weighted by atomic mass is 16.5. The molecule has 1 aliphatic rings. The Morgan fingerprint density at radius 1 is 1.15 bits per heavy atom. The predicted octanol–water partition coefficient (Wildman–Crippen LogP) is 3.36. The van der Waals surface area contributed by atoms with E-state index < -0.39 is 0 Å². The Bertz CT molecular complexity index is 767. The van der Waals surface area contributed by atoms with Gasteiger partial charge in [0, 0.05) is 37.1 Å². The molecule has 2 amide bonds. The lowest BCUT2D eigenvalue weighted by atomic mass is 9.95. The summed E-state index contributed by atoms with van der Waals surface area (Å²) in [5.41, 5.74) is 1.34. The van der Waals surface area contributed by atoms with Crippen LogP contribution in [0.3, 0.4) is 0 Å². The normalized spacial score (nSPS) is 14.9. The molecule has 1 aromatic heterocycles. The molecule has 0 spiro atoms. The van der Waals surface area contributed by atoms with Gasteiger partial charge < -0.3 is 15.0 Å². The number of pyridine rings is 1. The van der Waals surface area contributed by atoms with Crippen molar-refractivity contribution in [3.63, 3.8) is 0 Å². The van der Waals surface area contributed by atoms with Gasteiger partial charge in [-0.3, -0.25) is 14.6 Å². The molecular formula is C21H25N3O3. The largest absolute Gasteiger partial charge is 0.491 e. The summed E-state index contributed by atoms with van der Waals surface area (Å²) in [7, 11) is 0. The van der Waals surface area contributed by atoms with Crippen LogP contribution >= 0.6 is 0 Å². The van der Waals surface area contributed by atoms with Gasteiger partial charge in [-0.15, -0.1) is 0 Å². The summed E-state index contributed by atoms with van der Waals surface area (Å²) < 4.78 is 5.61. The molecule has 2 aromatic rings. The Morgan fingerprint density at radius 2 is 1.85 bits per heavy atom. The molecule has 0 bridgehead atoms. The molecule has 142 valence electrons. The van der Waals surface area contributed by atoms with Crippen molar-refractivity contribution in [3.05, 3.63) is 54.4 Å². The molecule has 0 aliphatic carbocycles. The number of nitrogens with zero attached hydrogens (tertiary/aromatic N) is 2. The monoisotopic (exact) mass is 367 g/mol. The Kier molecular flexibility index (Phi) is 6.06. The van der Waals surface area contributed by atoms with Gasteiger partial charge in [-0.05, 0) is 63.1 Å². The van der Waals surface area contributed by atoms with Crippen LogP contribution in [0.2, 0.25) is 0 Å². The van der Waals surface area contributed by atoms with E-state index in [9.17, 15) is 9.59 Å². The number of amides is 2. The van der Waals surface area contributed by atoms with Gasteiger partial charge in [0.15, 0.2) is 0 Å². The van der Waals surface area contributed by atoms with Crippen LogP contribution in [0, 0.1) is 5.92 Å². The first-order chi connectivity index (χ1) is 13.0. The second-order valence-electron chi connectivity index (χ2n) is 6.99. The van der Waals surface area contributed by atoms with Crippen LogP contribution < -0.4 is 10.1 Å². The van der Waals surface area contributed by atoms with E-state index in [2.05, 4.69) is 10.3 Å². The number of piperidine rings is 1. The van der Waals surface area contributed by atoms with Crippen LogP contribution in [0.15, 0.2) is 48.8 Å². The van der Waals surface area contributed by atoms with Crippen molar-refractivity contribution in [1.29, 1.82) is 0 Å². The average Bonchev–Trinajstić information content (AvgIpc) is 2.69. The van der Waals surface area contributed by atoms with Gasteiger partial charge >= 0.3 is 0 Å². The van der Waals surface area contributed by atoms with Gasteiger partial charge in [0.25, 0.3) is 5.91 Å². The van der Waals surface area contributed by atoms with Gasteiger partial charge in [0.05, 0.1) is 11.7 Å². The van der Waals surface area contributed by atoms with Crippen molar-refractivity contribution in [2.45, 2.75) is 32.8 Å². The molecule has 0 unspecified atom stereocenters. The summed E-state index contributed by atoms with van der Waals surface area (Å²) in [6.07, 6.45) is 4.66. The van der Waals surface area contributed by atoms with Crippen molar-refractivity contribution in [1.82, 2.24) is 9.88 Å². The van der Waals surface area contributed by atoms with Gasteiger partial charge in [-0.1, -0.05) is 0 Å². The zero-order valence-electron chi connectivity index (χ0n) is 15.7.